The average molecular weight is 347 g/mol. The first kappa shape index (κ1) is 19.3. The quantitative estimate of drug-likeness (QED) is 0.593. The molecule has 0 aromatic heterocycles. The standard InChI is InChI=1S/C14H16F3N3O4/c1-8(21)19-9-4-5-11(10(7-9)14(15,16)17)20-13(24)18-6-2-3-12(22)23/h4-5,7H,2-3,6H2,1H3,(H,19,21)(H,22,23)(H2,18,20,24). The van der Waals surface area contributed by atoms with Gasteiger partial charge in [-0.25, -0.2) is 4.79 Å². The van der Waals surface area contributed by atoms with E-state index in [9.17, 15) is 27.6 Å². The molecule has 0 atom stereocenters. The lowest BCUT2D eigenvalue weighted by Crippen LogP contribution is -2.30. The molecule has 10 heteroatoms. The minimum absolute atomic E-state index is 0.00343. The zero-order chi connectivity index (χ0) is 18.3. The number of halogens is 3. The van der Waals surface area contributed by atoms with Crippen molar-refractivity contribution in [2.75, 3.05) is 17.2 Å². The molecule has 7 nitrogen and oxygen atoms in total. The third-order valence-corrected chi connectivity index (χ3v) is 2.75. The van der Waals surface area contributed by atoms with E-state index in [-0.39, 0.29) is 25.1 Å². The van der Waals surface area contributed by atoms with Crippen molar-refractivity contribution < 1.29 is 32.7 Å². The van der Waals surface area contributed by atoms with E-state index in [1.807, 2.05) is 0 Å². The highest BCUT2D eigenvalue weighted by molar-refractivity contribution is 5.92. The molecule has 0 saturated heterocycles. The molecule has 1 aromatic rings. The topological polar surface area (TPSA) is 108 Å². The number of carboxylic acids is 1. The molecule has 132 valence electrons. The first-order valence-electron chi connectivity index (χ1n) is 6.85. The number of urea groups is 1. The maximum atomic E-state index is 13.1. The molecule has 3 amide bonds. The lowest BCUT2D eigenvalue weighted by atomic mass is 10.1. The number of amides is 3. The molecule has 1 aromatic carbocycles. The summed E-state index contributed by atoms with van der Waals surface area (Å²) in [4.78, 5) is 32.8. The van der Waals surface area contributed by atoms with Gasteiger partial charge in [0, 0.05) is 25.6 Å². The summed E-state index contributed by atoms with van der Waals surface area (Å²) < 4.78 is 39.2. The highest BCUT2D eigenvalue weighted by atomic mass is 19.4. The summed E-state index contributed by atoms with van der Waals surface area (Å²) in [6.07, 6.45) is -4.75. The molecule has 0 aliphatic rings. The van der Waals surface area contributed by atoms with Gasteiger partial charge in [-0.1, -0.05) is 0 Å². The van der Waals surface area contributed by atoms with Crippen molar-refractivity contribution >= 4 is 29.3 Å². The van der Waals surface area contributed by atoms with Crippen molar-refractivity contribution in [1.82, 2.24) is 5.32 Å². The summed E-state index contributed by atoms with van der Waals surface area (Å²) in [6.45, 7) is 1.16. The van der Waals surface area contributed by atoms with Crippen LogP contribution in [0.5, 0.6) is 0 Å². The predicted molar refractivity (Wildman–Crippen MR) is 79.6 cm³/mol. The second-order valence-corrected chi connectivity index (χ2v) is 4.82. The summed E-state index contributed by atoms with van der Waals surface area (Å²) in [5.41, 5.74) is -1.65. The fraction of sp³-hybridized carbons (Fsp3) is 0.357. The van der Waals surface area contributed by atoms with Crippen LogP contribution in [0.25, 0.3) is 0 Å². The van der Waals surface area contributed by atoms with Crippen LogP contribution in [0.3, 0.4) is 0 Å². The minimum atomic E-state index is -4.74. The van der Waals surface area contributed by atoms with Crippen molar-refractivity contribution in [2.45, 2.75) is 25.9 Å². The lowest BCUT2D eigenvalue weighted by Gasteiger charge is -2.16. The Bertz CT molecular complexity index is 632. The van der Waals surface area contributed by atoms with Crippen LogP contribution in [0.4, 0.5) is 29.3 Å². The Kier molecular flexibility index (Phi) is 6.57. The zero-order valence-corrected chi connectivity index (χ0v) is 12.7. The van der Waals surface area contributed by atoms with E-state index in [4.69, 9.17) is 5.11 Å². The second-order valence-electron chi connectivity index (χ2n) is 4.82. The van der Waals surface area contributed by atoms with E-state index in [2.05, 4.69) is 16.0 Å². The van der Waals surface area contributed by atoms with Crippen molar-refractivity contribution in [3.63, 3.8) is 0 Å². The summed E-state index contributed by atoms with van der Waals surface area (Å²) in [6, 6.07) is 2.06. The molecule has 0 radical (unpaired) electrons. The Morgan fingerprint density at radius 1 is 1.17 bits per heavy atom. The molecule has 0 heterocycles. The van der Waals surface area contributed by atoms with E-state index in [0.29, 0.717) is 6.07 Å². The maximum Gasteiger partial charge on any atom is 0.418 e. The van der Waals surface area contributed by atoms with Crippen LogP contribution in [0.2, 0.25) is 0 Å². The number of aliphatic carboxylic acids is 1. The highest BCUT2D eigenvalue weighted by Gasteiger charge is 2.34. The van der Waals surface area contributed by atoms with Gasteiger partial charge in [0.25, 0.3) is 0 Å². The Labute approximate surface area is 135 Å². The second kappa shape index (κ2) is 8.18. The van der Waals surface area contributed by atoms with Gasteiger partial charge < -0.3 is 21.1 Å². The number of anilines is 2. The van der Waals surface area contributed by atoms with E-state index >= 15 is 0 Å². The Balaban J connectivity index is 2.80. The molecule has 0 unspecified atom stereocenters. The largest absolute Gasteiger partial charge is 0.481 e. The molecule has 0 bridgehead atoms. The predicted octanol–water partition coefficient (Wildman–Crippen LogP) is 2.65. The molecule has 24 heavy (non-hydrogen) atoms. The number of rotatable bonds is 6. The molecule has 0 fully saturated rings. The number of carboxylic acid groups (broad SMARTS) is 1. The first-order valence-corrected chi connectivity index (χ1v) is 6.85. The molecule has 1 rings (SSSR count). The van der Waals surface area contributed by atoms with Crippen LogP contribution in [0, 0.1) is 0 Å². The van der Waals surface area contributed by atoms with E-state index in [0.717, 1.165) is 13.0 Å². The zero-order valence-electron chi connectivity index (χ0n) is 12.7. The molecule has 0 aliphatic heterocycles. The van der Waals surface area contributed by atoms with E-state index < -0.39 is 35.3 Å². The SMILES string of the molecule is CC(=O)Nc1ccc(NC(=O)NCCCC(=O)O)c(C(F)(F)F)c1. The maximum absolute atomic E-state index is 13.1. The molecule has 0 saturated carbocycles. The van der Waals surface area contributed by atoms with Crippen LogP contribution in [0.15, 0.2) is 18.2 Å². The Morgan fingerprint density at radius 2 is 1.83 bits per heavy atom. The normalized spacial score (nSPS) is 10.8. The third-order valence-electron chi connectivity index (χ3n) is 2.75. The summed E-state index contributed by atoms with van der Waals surface area (Å²) >= 11 is 0. The van der Waals surface area contributed by atoms with Crippen molar-refractivity contribution in [1.29, 1.82) is 0 Å². The van der Waals surface area contributed by atoms with Gasteiger partial charge in [-0.3, -0.25) is 9.59 Å². The van der Waals surface area contributed by atoms with Crippen LogP contribution in [-0.2, 0) is 15.8 Å². The van der Waals surface area contributed by atoms with Crippen LogP contribution in [0.1, 0.15) is 25.3 Å². The van der Waals surface area contributed by atoms with Crippen LogP contribution >= 0.6 is 0 Å². The highest BCUT2D eigenvalue weighted by Crippen LogP contribution is 2.36. The van der Waals surface area contributed by atoms with Gasteiger partial charge in [-0.05, 0) is 24.6 Å². The monoisotopic (exact) mass is 347 g/mol. The van der Waals surface area contributed by atoms with Gasteiger partial charge in [-0.2, -0.15) is 13.2 Å². The minimum Gasteiger partial charge on any atom is -0.481 e. The Morgan fingerprint density at radius 3 is 2.38 bits per heavy atom. The fourth-order valence-corrected chi connectivity index (χ4v) is 1.78. The number of nitrogens with one attached hydrogen (secondary N) is 3. The van der Waals surface area contributed by atoms with Gasteiger partial charge in [0.2, 0.25) is 5.91 Å². The van der Waals surface area contributed by atoms with Gasteiger partial charge in [0.15, 0.2) is 0 Å². The number of hydrogen-bond donors (Lipinski definition) is 4. The summed E-state index contributed by atoms with van der Waals surface area (Å²) in [5, 5.41) is 15.0. The average Bonchev–Trinajstić information content (AvgIpc) is 2.43. The van der Waals surface area contributed by atoms with Gasteiger partial charge >= 0.3 is 18.2 Å². The van der Waals surface area contributed by atoms with Gasteiger partial charge in [0.05, 0.1) is 11.3 Å². The van der Waals surface area contributed by atoms with Crippen molar-refractivity contribution in [3.05, 3.63) is 23.8 Å². The van der Waals surface area contributed by atoms with Gasteiger partial charge in [0.1, 0.15) is 0 Å². The van der Waals surface area contributed by atoms with Gasteiger partial charge in [-0.15, -0.1) is 0 Å². The fourth-order valence-electron chi connectivity index (χ4n) is 1.78. The number of hydrogen-bond acceptors (Lipinski definition) is 3. The molecule has 0 spiro atoms. The smallest absolute Gasteiger partial charge is 0.418 e. The van der Waals surface area contributed by atoms with E-state index in [1.54, 1.807) is 0 Å². The molecular formula is C14H16F3N3O4. The third kappa shape index (κ3) is 6.55. The summed E-state index contributed by atoms with van der Waals surface area (Å²) in [5.74, 6) is -1.56. The number of benzene rings is 1. The lowest BCUT2D eigenvalue weighted by molar-refractivity contribution is -0.137. The van der Waals surface area contributed by atoms with Crippen LogP contribution < -0.4 is 16.0 Å². The van der Waals surface area contributed by atoms with Crippen LogP contribution in [-0.4, -0.2) is 29.6 Å². The number of carbonyl (C=O) groups is 3. The number of carbonyl (C=O) groups excluding carboxylic acids is 2. The van der Waals surface area contributed by atoms with E-state index in [1.165, 1.54) is 6.07 Å². The van der Waals surface area contributed by atoms with Crippen molar-refractivity contribution in [3.8, 4) is 0 Å². The summed E-state index contributed by atoms with van der Waals surface area (Å²) in [7, 11) is 0. The number of alkyl halides is 3. The first-order chi connectivity index (χ1) is 11.1. The molecule has 0 aliphatic carbocycles. The Hall–Kier alpha value is -2.78. The molecular weight excluding hydrogens is 331 g/mol. The van der Waals surface area contributed by atoms with Crippen molar-refractivity contribution in [2.24, 2.45) is 0 Å². The molecule has 4 N–H and O–H groups in total.